The molecule has 1 unspecified atom stereocenters. The largest absolute Gasteiger partial charge is 0.493 e. The third-order valence-corrected chi connectivity index (χ3v) is 6.41. The number of benzene rings is 2. The minimum Gasteiger partial charge on any atom is -0.493 e. The molecule has 8 nitrogen and oxygen atoms in total. The topological polar surface area (TPSA) is 96.3 Å². The molecule has 0 spiro atoms. The number of amides is 1. The molecule has 0 aliphatic rings. The van der Waals surface area contributed by atoms with Crippen molar-refractivity contribution in [1.29, 1.82) is 0 Å². The second kappa shape index (κ2) is 10.7. The first-order chi connectivity index (χ1) is 16.3. The molecule has 3 aromatic rings. The molecule has 1 aromatic heterocycles. The Labute approximate surface area is 199 Å². The van der Waals surface area contributed by atoms with Crippen molar-refractivity contribution in [3.63, 3.8) is 0 Å². The second-order valence-corrected chi connectivity index (χ2v) is 9.26. The molecule has 0 aliphatic carbocycles. The number of aromatic nitrogens is 1. The predicted octanol–water partition coefficient (Wildman–Crippen LogP) is 3.81. The van der Waals surface area contributed by atoms with Crippen LogP contribution in [0, 0.1) is 11.8 Å². The van der Waals surface area contributed by atoms with Crippen molar-refractivity contribution in [2.45, 2.75) is 4.90 Å². The molecule has 3 rings (SSSR count). The summed E-state index contributed by atoms with van der Waals surface area (Å²) in [5, 5.41) is 0. The predicted molar refractivity (Wildman–Crippen MR) is 128 cm³/mol. The number of rotatable bonds is 6. The van der Waals surface area contributed by atoms with E-state index in [4.69, 9.17) is 18.9 Å². The molecular formula is C25H24N2O6S. The Balaban J connectivity index is 1.89. The van der Waals surface area contributed by atoms with Gasteiger partial charge in [0.1, 0.15) is 0 Å². The van der Waals surface area contributed by atoms with Gasteiger partial charge in [-0.3, -0.25) is 9.78 Å². The van der Waals surface area contributed by atoms with E-state index >= 15 is 0 Å². The van der Waals surface area contributed by atoms with Crippen molar-refractivity contribution >= 4 is 15.6 Å². The summed E-state index contributed by atoms with van der Waals surface area (Å²) in [4.78, 5) is 17.2. The maximum Gasteiger partial charge on any atom is 0.286 e. The van der Waals surface area contributed by atoms with Gasteiger partial charge in [0.25, 0.3) is 5.91 Å². The summed E-state index contributed by atoms with van der Waals surface area (Å²) in [6, 6.07) is 11.6. The fourth-order valence-electron chi connectivity index (χ4n) is 3.00. The fourth-order valence-corrected chi connectivity index (χ4v) is 4.17. The van der Waals surface area contributed by atoms with E-state index in [1.807, 2.05) is 0 Å². The van der Waals surface area contributed by atoms with E-state index < -0.39 is 15.6 Å². The lowest BCUT2D eigenvalue weighted by Gasteiger charge is -2.10. The lowest BCUT2D eigenvalue weighted by atomic mass is 10.1. The Bertz CT molecular complexity index is 1400. The van der Waals surface area contributed by atoms with Crippen LogP contribution in [0.15, 0.2) is 64.1 Å². The van der Waals surface area contributed by atoms with Crippen LogP contribution in [0.1, 0.15) is 21.5 Å². The zero-order chi connectivity index (χ0) is 24.7. The Kier molecular flexibility index (Phi) is 7.76. The number of carbonyl (C=O) groups is 1. The van der Waals surface area contributed by atoms with Crippen LogP contribution in [0.25, 0.3) is 0 Å². The quantitative estimate of drug-likeness (QED) is 0.495. The van der Waals surface area contributed by atoms with Crippen LogP contribution in [0.2, 0.25) is 0 Å². The summed E-state index contributed by atoms with van der Waals surface area (Å²) in [5.74, 6) is 7.34. The average molecular weight is 481 g/mol. The lowest BCUT2D eigenvalue weighted by molar-refractivity contribution is 0.100. The maximum atomic E-state index is 13.2. The zero-order valence-electron chi connectivity index (χ0n) is 19.4. The first-order valence-electron chi connectivity index (χ1n) is 9.99. The highest BCUT2D eigenvalue weighted by Gasteiger charge is 2.15. The van der Waals surface area contributed by atoms with Crippen LogP contribution in [0.4, 0.5) is 0 Å². The number of pyridine rings is 1. The maximum absolute atomic E-state index is 13.2. The minimum atomic E-state index is -3.05. The van der Waals surface area contributed by atoms with Gasteiger partial charge in [0.05, 0.1) is 48.6 Å². The first kappa shape index (κ1) is 24.6. The monoisotopic (exact) mass is 480 g/mol. The normalized spacial score (nSPS) is 11.9. The SMILES string of the molecule is COc1ccc(C#Cc2cncc(C(=O)N=S(C)(=O)c3ccc(OC)c(OC)c3)c2)cc1OC. The van der Waals surface area contributed by atoms with Gasteiger partial charge < -0.3 is 18.9 Å². The Morgan fingerprint density at radius 3 is 2.03 bits per heavy atom. The number of carbonyl (C=O) groups excluding carboxylic acids is 1. The number of hydrogen-bond donors (Lipinski definition) is 0. The molecule has 176 valence electrons. The Hall–Kier alpha value is -4.03. The highest BCUT2D eigenvalue weighted by Crippen LogP contribution is 2.30. The molecule has 0 aliphatic heterocycles. The molecule has 2 aromatic carbocycles. The van der Waals surface area contributed by atoms with Gasteiger partial charge in [-0.05, 0) is 36.4 Å². The van der Waals surface area contributed by atoms with Gasteiger partial charge in [0.15, 0.2) is 23.0 Å². The number of ether oxygens (including phenoxy) is 4. The molecule has 9 heteroatoms. The molecule has 0 saturated heterocycles. The summed E-state index contributed by atoms with van der Waals surface area (Å²) in [7, 11) is 3.03. The molecule has 1 amide bonds. The van der Waals surface area contributed by atoms with Crippen molar-refractivity contribution in [2.75, 3.05) is 34.7 Å². The summed E-state index contributed by atoms with van der Waals surface area (Å²) in [6.45, 7) is 0. The molecular weight excluding hydrogens is 456 g/mol. The molecule has 0 N–H and O–H groups in total. The highest BCUT2D eigenvalue weighted by molar-refractivity contribution is 7.93. The van der Waals surface area contributed by atoms with E-state index in [9.17, 15) is 9.00 Å². The van der Waals surface area contributed by atoms with Gasteiger partial charge in [-0.25, -0.2) is 4.21 Å². The summed E-state index contributed by atoms with van der Waals surface area (Å²) in [6.07, 6.45) is 4.28. The van der Waals surface area contributed by atoms with E-state index in [0.29, 0.717) is 39.0 Å². The number of nitrogens with zero attached hydrogens (tertiary/aromatic N) is 2. The van der Waals surface area contributed by atoms with Crippen molar-refractivity contribution in [3.8, 4) is 34.8 Å². The average Bonchev–Trinajstić information content (AvgIpc) is 2.86. The van der Waals surface area contributed by atoms with Gasteiger partial charge in [-0.1, -0.05) is 11.8 Å². The summed E-state index contributed by atoms with van der Waals surface area (Å²) in [5.41, 5.74) is 1.38. The van der Waals surface area contributed by atoms with E-state index in [2.05, 4.69) is 21.2 Å². The molecule has 1 atom stereocenters. The van der Waals surface area contributed by atoms with E-state index in [1.54, 1.807) is 56.7 Å². The van der Waals surface area contributed by atoms with Gasteiger partial charge >= 0.3 is 0 Å². The first-order valence-corrected chi connectivity index (χ1v) is 11.9. The zero-order valence-corrected chi connectivity index (χ0v) is 20.3. The minimum absolute atomic E-state index is 0.175. The third kappa shape index (κ3) is 5.66. The van der Waals surface area contributed by atoms with Crippen molar-refractivity contribution in [2.24, 2.45) is 4.36 Å². The Morgan fingerprint density at radius 2 is 1.38 bits per heavy atom. The standard InChI is InChI=1S/C25H24N2O6S/c1-30-21-10-8-17(13-23(21)32-3)6-7-18-12-19(16-26-15-18)25(28)27-34(5,29)20-9-11-22(31-2)24(14-20)33-4/h8-16H,1-5H3. The molecule has 0 radical (unpaired) electrons. The van der Waals surface area contributed by atoms with Crippen molar-refractivity contribution in [1.82, 2.24) is 4.98 Å². The van der Waals surface area contributed by atoms with Crippen LogP contribution in [0.5, 0.6) is 23.0 Å². The van der Waals surface area contributed by atoms with Gasteiger partial charge in [-0.15, -0.1) is 0 Å². The smallest absolute Gasteiger partial charge is 0.286 e. The van der Waals surface area contributed by atoms with Crippen LogP contribution in [-0.2, 0) is 9.73 Å². The van der Waals surface area contributed by atoms with Crippen molar-refractivity contribution in [3.05, 3.63) is 71.5 Å². The van der Waals surface area contributed by atoms with Crippen LogP contribution < -0.4 is 18.9 Å². The van der Waals surface area contributed by atoms with E-state index in [-0.39, 0.29) is 5.56 Å². The fraction of sp³-hybridized carbons (Fsp3) is 0.200. The van der Waals surface area contributed by atoms with Crippen LogP contribution in [0.3, 0.4) is 0 Å². The summed E-state index contributed by atoms with van der Waals surface area (Å²) < 4.78 is 38.1. The molecule has 0 saturated carbocycles. The number of hydrogen-bond acceptors (Lipinski definition) is 7. The van der Waals surface area contributed by atoms with Crippen LogP contribution >= 0.6 is 0 Å². The van der Waals surface area contributed by atoms with E-state index in [0.717, 1.165) is 0 Å². The number of methoxy groups -OCH3 is 4. The summed E-state index contributed by atoms with van der Waals surface area (Å²) >= 11 is 0. The third-order valence-electron chi connectivity index (χ3n) is 4.77. The highest BCUT2D eigenvalue weighted by atomic mass is 32.2. The van der Waals surface area contributed by atoms with Gasteiger partial charge in [-0.2, -0.15) is 4.36 Å². The van der Waals surface area contributed by atoms with Crippen LogP contribution in [-0.4, -0.2) is 49.8 Å². The van der Waals surface area contributed by atoms with Gasteiger partial charge in [0.2, 0.25) is 0 Å². The Morgan fingerprint density at radius 1 is 0.794 bits per heavy atom. The lowest BCUT2D eigenvalue weighted by Crippen LogP contribution is -2.05. The van der Waals surface area contributed by atoms with E-state index in [1.165, 1.54) is 32.9 Å². The van der Waals surface area contributed by atoms with Gasteiger partial charge in [0, 0.05) is 35.8 Å². The van der Waals surface area contributed by atoms with Crippen molar-refractivity contribution < 1.29 is 28.0 Å². The second-order valence-electron chi connectivity index (χ2n) is 7.00. The molecule has 0 bridgehead atoms. The molecule has 0 fully saturated rings. The molecule has 34 heavy (non-hydrogen) atoms. The molecule has 1 heterocycles.